The van der Waals surface area contributed by atoms with Crippen molar-refractivity contribution in [3.63, 3.8) is 0 Å². The van der Waals surface area contributed by atoms with E-state index in [1.54, 1.807) is 30.1 Å². The van der Waals surface area contributed by atoms with Crippen LogP contribution in [0.15, 0.2) is 48.7 Å². The molecule has 2 atom stereocenters. The molecule has 0 unspecified atom stereocenters. The number of methoxy groups -OCH3 is 1. The van der Waals surface area contributed by atoms with Crippen LogP contribution in [-0.2, 0) is 25.7 Å². The van der Waals surface area contributed by atoms with Crippen LogP contribution in [0.1, 0.15) is 40.0 Å². The van der Waals surface area contributed by atoms with E-state index in [-0.39, 0.29) is 34.5 Å². The van der Waals surface area contributed by atoms with Gasteiger partial charge >= 0.3 is 0 Å². The fourth-order valence-electron chi connectivity index (χ4n) is 6.60. The minimum Gasteiger partial charge on any atom is -0.495 e. The lowest BCUT2D eigenvalue weighted by atomic mass is 9.80. The third-order valence-corrected chi connectivity index (χ3v) is 8.80. The molecule has 41 heavy (non-hydrogen) atoms. The minimum absolute atomic E-state index is 0.00578. The summed E-state index contributed by atoms with van der Waals surface area (Å²) in [6.45, 7) is 0.960. The van der Waals surface area contributed by atoms with E-state index in [2.05, 4.69) is 10.4 Å². The third kappa shape index (κ3) is 3.83. The summed E-state index contributed by atoms with van der Waals surface area (Å²) in [6.07, 6.45) is 4.08. The summed E-state index contributed by atoms with van der Waals surface area (Å²) in [7, 11) is 3.26. The van der Waals surface area contributed by atoms with Crippen molar-refractivity contribution in [3.05, 3.63) is 81.9 Å². The van der Waals surface area contributed by atoms with Gasteiger partial charge < -0.3 is 25.3 Å². The van der Waals surface area contributed by atoms with Gasteiger partial charge in [-0.05, 0) is 31.0 Å². The van der Waals surface area contributed by atoms with Crippen molar-refractivity contribution in [2.45, 2.75) is 37.5 Å². The summed E-state index contributed by atoms with van der Waals surface area (Å²) in [5.74, 6) is -0.687. The standard InChI is InChI=1S/C31H28ClFN4O4/c1-37-14-20-17-11-18(30(34)38)26(28(33)29(17)40-15-21(20)36-37)25-19-13-31(24-9-6-10-35-24,16-7-4-3-5-8-16)41-22(19)12-23(39-2)27(25)32/h3-5,7-8,11-12,14,24,35H,6,9-10,13,15H2,1-2H3,(H2,34,38)/t24-,31-/m0/s1. The number of ether oxygens (including phenoxy) is 3. The molecule has 4 heterocycles. The fourth-order valence-corrected chi connectivity index (χ4v) is 6.94. The summed E-state index contributed by atoms with van der Waals surface area (Å²) in [5, 5.41) is 8.16. The number of hydrogen-bond acceptors (Lipinski definition) is 6. The Kier molecular flexibility index (Phi) is 5.99. The van der Waals surface area contributed by atoms with Crippen molar-refractivity contribution in [2.24, 2.45) is 12.8 Å². The monoisotopic (exact) mass is 574 g/mol. The molecule has 0 saturated carbocycles. The lowest BCUT2D eigenvalue weighted by molar-refractivity contribution is 0.0539. The zero-order valence-electron chi connectivity index (χ0n) is 22.6. The molecule has 3 aromatic carbocycles. The number of fused-ring (bicyclic) bond motifs is 4. The predicted molar refractivity (Wildman–Crippen MR) is 152 cm³/mol. The van der Waals surface area contributed by atoms with Crippen molar-refractivity contribution in [1.82, 2.24) is 15.1 Å². The molecule has 0 spiro atoms. The van der Waals surface area contributed by atoms with Gasteiger partial charge in [0.1, 0.15) is 23.8 Å². The number of hydrogen-bond donors (Lipinski definition) is 2. The molecule has 8 nitrogen and oxygen atoms in total. The van der Waals surface area contributed by atoms with Crippen LogP contribution in [-0.4, -0.2) is 35.4 Å². The first kappa shape index (κ1) is 25.9. The van der Waals surface area contributed by atoms with E-state index >= 15 is 4.39 Å². The van der Waals surface area contributed by atoms with Gasteiger partial charge in [0, 0.05) is 53.5 Å². The van der Waals surface area contributed by atoms with Crippen LogP contribution < -0.4 is 25.3 Å². The molecule has 0 bridgehead atoms. The molecule has 7 rings (SSSR count). The molecule has 3 N–H and O–H groups in total. The van der Waals surface area contributed by atoms with Crippen molar-refractivity contribution >= 4 is 17.5 Å². The quantitative estimate of drug-likeness (QED) is 0.343. The molecule has 3 aliphatic heterocycles. The number of nitrogens with one attached hydrogen (secondary N) is 1. The van der Waals surface area contributed by atoms with E-state index < -0.39 is 17.3 Å². The molecule has 1 amide bonds. The van der Waals surface area contributed by atoms with Gasteiger partial charge in [-0.25, -0.2) is 4.39 Å². The minimum atomic E-state index is -0.795. The highest BCUT2D eigenvalue weighted by Crippen LogP contribution is 2.55. The Morgan fingerprint density at radius 2 is 2.05 bits per heavy atom. The maximum absolute atomic E-state index is 16.7. The molecule has 3 aliphatic rings. The first-order chi connectivity index (χ1) is 19.8. The van der Waals surface area contributed by atoms with E-state index in [0.29, 0.717) is 45.9 Å². The zero-order chi connectivity index (χ0) is 28.5. The fraction of sp³-hybridized carbons (Fsp3) is 0.290. The molecule has 0 aliphatic carbocycles. The average molecular weight is 575 g/mol. The van der Waals surface area contributed by atoms with Crippen molar-refractivity contribution in [2.75, 3.05) is 13.7 Å². The van der Waals surface area contributed by atoms with E-state index in [1.165, 1.54) is 7.11 Å². The second kappa shape index (κ2) is 9.49. The van der Waals surface area contributed by atoms with Crippen molar-refractivity contribution < 1.29 is 23.4 Å². The molecule has 1 fully saturated rings. The highest BCUT2D eigenvalue weighted by Gasteiger charge is 2.50. The van der Waals surface area contributed by atoms with Gasteiger partial charge in [0.15, 0.2) is 17.2 Å². The molecule has 1 aromatic heterocycles. The number of amides is 1. The zero-order valence-corrected chi connectivity index (χ0v) is 23.3. The predicted octanol–water partition coefficient (Wildman–Crippen LogP) is 5.13. The SMILES string of the molecule is COc1cc2c(c(-c3c(C(N)=O)cc4c(c3F)OCc3nn(C)cc3-4)c1Cl)C[C@](c1ccccc1)([C@@H]1CCCN1)O2. The van der Waals surface area contributed by atoms with Crippen LogP contribution in [0.5, 0.6) is 17.2 Å². The number of carbonyl (C=O) groups excluding carboxylic acids is 1. The Morgan fingerprint density at radius 1 is 1.24 bits per heavy atom. The van der Waals surface area contributed by atoms with Gasteiger partial charge in [-0.1, -0.05) is 41.9 Å². The Labute approximate surface area is 241 Å². The lowest BCUT2D eigenvalue weighted by Gasteiger charge is -2.35. The van der Waals surface area contributed by atoms with Gasteiger partial charge in [-0.15, -0.1) is 0 Å². The number of aromatic nitrogens is 2. The Balaban J connectivity index is 1.49. The third-order valence-electron chi connectivity index (χ3n) is 8.42. The summed E-state index contributed by atoms with van der Waals surface area (Å²) in [5.41, 5.74) is 8.80. The average Bonchev–Trinajstić information content (AvgIpc) is 3.72. The number of aryl methyl sites for hydroxylation is 1. The summed E-state index contributed by atoms with van der Waals surface area (Å²) < 4.78 is 36.7. The van der Waals surface area contributed by atoms with E-state index in [0.717, 1.165) is 24.9 Å². The summed E-state index contributed by atoms with van der Waals surface area (Å²) >= 11 is 6.97. The van der Waals surface area contributed by atoms with Gasteiger partial charge in [0.05, 0.1) is 23.7 Å². The van der Waals surface area contributed by atoms with Crippen molar-refractivity contribution in [3.8, 4) is 39.5 Å². The van der Waals surface area contributed by atoms with Gasteiger partial charge in [0.25, 0.3) is 0 Å². The Morgan fingerprint density at radius 3 is 2.76 bits per heavy atom. The number of rotatable bonds is 5. The maximum atomic E-state index is 16.7. The Bertz CT molecular complexity index is 1720. The number of benzene rings is 3. The summed E-state index contributed by atoms with van der Waals surface area (Å²) in [6, 6.07) is 13.3. The second-order valence-corrected chi connectivity index (χ2v) is 11.1. The molecular formula is C31H28ClFN4O4. The van der Waals surface area contributed by atoms with Crippen LogP contribution >= 0.6 is 11.6 Å². The number of nitrogens with two attached hydrogens (primary N) is 1. The molecule has 0 radical (unpaired) electrons. The summed E-state index contributed by atoms with van der Waals surface area (Å²) in [4.78, 5) is 13.0. The smallest absolute Gasteiger partial charge is 0.249 e. The number of primary amides is 1. The molecular weight excluding hydrogens is 547 g/mol. The van der Waals surface area contributed by atoms with Gasteiger partial charge in [-0.3, -0.25) is 9.48 Å². The second-order valence-electron chi connectivity index (χ2n) is 10.7. The van der Waals surface area contributed by atoms with E-state index in [4.69, 9.17) is 31.5 Å². The highest BCUT2D eigenvalue weighted by molar-refractivity contribution is 6.35. The van der Waals surface area contributed by atoms with Crippen LogP contribution in [0.25, 0.3) is 22.3 Å². The largest absolute Gasteiger partial charge is 0.495 e. The molecule has 210 valence electrons. The topological polar surface area (TPSA) is 101 Å². The van der Waals surface area contributed by atoms with Gasteiger partial charge in [0.2, 0.25) is 5.91 Å². The lowest BCUT2D eigenvalue weighted by Crippen LogP contribution is -2.48. The van der Waals surface area contributed by atoms with Crippen molar-refractivity contribution in [1.29, 1.82) is 0 Å². The first-order valence-corrected chi connectivity index (χ1v) is 13.9. The van der Waals surface area contributed by atoms with Crippen LogP contribution in [0.2, 0.25) is 5.02 Å². The molecule has 10 heteroatoms. The first-order valence-electron chi connectivity index (χ1n) is 13.5. The maximum Gasteiger partial charge on any atom is 0.249 e. The van der Waals surface area contributed by atoms with Crippen LogP contribution in [0.4, 0.5) is 4.39 Å². The number of nitrogens with zero attached hydrogens (tertiary/aromatic N) is 2. The molecule has 4 aromatic rings. The van der Waals surface area contributed by atoms with Crippen LogP contribution in [0, 0.1) is 5.82 Å². The van der Waals surface area contributed by atoms with Gasteiger partial charge in [-0.2, -0.15) is 5.10 Å². The van der Waals surface area contributed by atoms with E-state index in [1.807, 2.05) is 30.3 Å². The molecule has 1 saturated heterocycles. The Hall–Kier alpha value is -4.08. The van der Waals surface area contributed by atoms with Crippen LogP contribution in [0.3, 0.4) is 0 Å². The van der Waals surface area contributed by atoms with E-state index in [9.17, 15) is 4.79 Å². The highest BCUT2D eigenvalue weighted by atomic mass is 35.5. The normalized spacial score (nSPS) is 20.5. The number of carbonyl (C=O) groups is 1. The number of halogens is 2.